The number of thioether (sulfide) groups is 1. The summed E-state index contributed by atoms with van der Waals surface area (Å²) in [7, 11) is 0. The molecule has 1 atom stereocenters. The van der Waals surface area contributed by atoms with Crippen LogP contribution in [0.4, 0.5) is 0 Å². The van der Waals surface area contributed by atoms with Gasteiger partial charge in [0, 0.05) is 6.42 Å². The molecule has 1 heterocycles. The second kappa shape index (κ2) is 5.13. The lowest BCUT2D eigenvalue weighted by atomic mass is 9.81. The van der Waals surface area contributed by atoms with E-state index in [1.807, 2.05) is 13.8 Å². The van der Waals surface area contributed by atoms with Gasteiger partial charge in [0.25, 0.3) is 0 Å². The van der Waals surface area contributed by atoms with Gasteiger partial charge in [0.2, 0.25) is 0 Å². The van der Waals surface area contributed by atoms with Crippen molar-refractivity contribution in [1.29, 1.82) is 0 Å². The van der Waals surface area contributed by atoms with E-state index in [-0.39, 0.29) is 17.6 Å². The topological polar surface area (TPSA) is 46.5 Å². The Morgan fingerprint density at radius 1 is 1.56 bits per heavy atom. The maximum atomic E-state index is 11.8. The van der Waals surface area contributed by atoms with E-state index in [0.717, 1.165) is 12.8 Å². The van der Waals surface area contributed by atoms with Gasteiger partial charge >= 0.3 is 5.97 Å². The van der Waals surface area contributed by atoms with Crippen LogP contribution in [0.15, 0.2) is 10.7 Å². The van der Waals surface area contributed by atoms with Crippen molar-refractivity contribution >= 4 is 17.7 Å². The second-order valence-corrected chi connectivity index (χ2v) is 5.33. The monoisotopic (exact) mass is 244 g/mol. The quantitative estimate of drug-likeness (QED) is 0.771. The van der Waals surface area contributed by atoms with E-state index in [9.17, 15) is 9.90 Å². The molecule has 0 aromatic carbocycles. The Balaban J connectivity index is 3.03. The molecule has 16 heavy (non-hydrogen) atoms. The van der Waals surface area contributed by atoms with Gasteiger partial charge in [-0.05, 0) is 18.6 Å². The number of cyclic esters (lactones) is 1. The van der Waals surface area contributed by atoms with Crippen LogP contribution in [0.25, 0.3) is 0 Å². The maximum absolute atomic E-state index is 11.8. The van der Waals surface area contributed by atoms with Crippen molar-refractivity contribution in [3.8, 4) is 0 Å². The maximum Gasteiger partial charge on any atom is 0.348 e. The predicted molar refractivity (Wildman–Crippen MR) is 66.4 cm³/mol. The minimum Gasteiger partial charge on any atom is -0.511 e. The van der Waals surface area contributed by atoms with E-state index in [0.29, 0.717) is 11.3 Å². The first-order valence-electron chi connectivity index (χ1n) is 5.66. The zero-order valence-corrected chi connectivity index (χ0v) is 11.2. The van der Waals surface area contributed by atoms with Crippen LogP contribution in [-0.4, -0.2) is 22.9 Å². The number of hydrogen-bond donors (Lipinski definition) is 1. The number of aliphatic hydroxyl groups is 1. The van der Waals surface area contributed by atoms with E-state index in [2.05, 4.69) is 6.92 Å². The van der Waals surface area contributed by atoms with Gasteiger partial charge in [0.1, 0.15) is 16.3 Å². The van der Waals surface area contributed by atoms with Gasteiger partial charge in [0.05, 0.1) is 0 Å². The summed E-state index contributed by atoms with van der Waals surface area (Å²) in [6.45, 7) is 6.11. The third-order valence-electron chi connectivity index (χ3n) is 3.14. The first-order chi connectivity index (χ1) is 7.46. The number of aliphatic hydroxyl groups excluding tert-OH is 1. The highest BCUT2D eigenvalue weighted by atomic mass is 32.2. The van der Waals surface area contributed by atoms with Crippen LogP contribution in [0.1, 0.15) is 40.0 Å². The van der Waals surface area contributed by atoms with Crippen molar-refractivity contribution < 1.29 is 14.6 Å². The average Bonchev–Trinajstić information content (AvgIpc) is 2.17. The molecule has 0 bridgehead atoms. The number of carbonyl (C=O) groups is 1. The van der Waals surface area contributed by atoms with Crippen molar-refractivity contribution in [3.63, 3.8) is 0 Å². The Morgan fingerprint density at radius 3 is 2.56 bits per heavy atom. The molecule has 0 saturated heterocycles. The molecule has 0 saturated carbocycles. The second-order valence-electron chi connectivity index (χ2n) is 4.52. The molecule has 1 aliphatic rings. The number of hydrogen-bond acceptors (Lipinski definition) is 4. The fourth-order valence-electron chi connectivity index (χ4n) is 2.12. The highest BCUT2D eigenvalue weighted by Gasteiger charge is 2.43. The summed E-state index contributed by atoms with van der Waals surface area (Å²) >= 11 is 1.25. The lowest BCUT2D eigenvalue weighted by Gasteiger charge is -2.40. The minimum atomic E-state index is -0.519. The van der Waals surface area contributed by atoms with Gasteiger partial charge in [-0.15, -0.1) is 11.8 Å². The molecular formula is C12H20O3S. The van der Waals surface area contributed by atoms with E-state index in [4.69, 9.17) is 4.74 Å². The minimum absolute atomic E-state index is 0.186. The number of esters is 1. The van der Waals surface area contributed by atoms with E-state index in [1.165, 1.54) is 11.8 Å². The third kappa shape index (κ3) is 2.37. The molecule has 0 spiro atoms. The molecule has 0 aromatic heterocycles. The van der Waals surface area contributed by atoms with E-state index >= 15 is 0 Å². The molecule has 0 aromatic rings. The molecule has 0 aliphatic carbocycles. The van der Waals surface area contributed by atoms with E-state index in [1.54, 1.807) is 6.26 Å². The Morgan fingerprint density at radius 2 is 2.19 bits per heavy atom. The lowest BCUT2D eigenvalue weighted by molar-refractivity contribution is -0.164. The van der Waals surface area contributed by atoms with Gasteiger partial charge in [-0.2, -0.15) is 0 Å². The Labute approximate surface area is 101 Å². The average molecular weight is 244 g/mol. The first kappa shape index (κ1) is 13.4. The lowest BCUT2D eigenvalue weighted by Crippen LogP contribution is -2.44. The van der Waals surface area contributed by atoms with Gasteiger partial charge in [-0.25, -0.2) is 4.79 Å². The van der Waals surface area contributed by atoms with Crippen molar-refractivity contribution in [2.45, 2.75) is 45.6 Å². The number of rotatable bonds is 4. The van der Waals surface area contributed by atoms with Crippen LogP contribution in [0.5, 0.6) is 0 Å². The molecule has 1 aliphatic heterocycles. The van der Waals surface area contributed by atoms with Crippen LogP contribution in [0, 0.1) is 5.92 Å². The van der Waals surface area contributed by atoms with Crippen LogP contribution < -0.4 is 0 Å². The smallest absolute Gasteiger partial charge is 0.348 e. The SMILES string of the molecule is CCCC1(C(C)C)CC(O)=C(SC)C(=O)O1. The molecule has 4 heteroatoms. The normalized spacial score (nSPS) is 26.2. The van der Waals surface area contributed by atoms with Gasteiger partial charge in [0.15, 0.2) is 0 Å². The Kier molecular flexibility index (Phi) is 4.30. The largest absolute Gasteiger partial charge is 0.511 e. The summed E-state index contributed by atoms with van der Waals surface area (Å²) in [6, 6.07) is 0. The van der Waals surface area contributed by atoms with Crippen LogP contribution in [-0.2, 0) is 9.53 Å². The zero-order valence-electron chi connectivity index (χ0n) is 10.4. The van der Waals surface area contributed by atoms with E-state index < -0.39 is 5.60 Å². The summed E-state index contributed by atoms with van der Waals surface area (Å²) in [6.07, 6.45) is 3.95. The van der Waals surface area contributed by atoms with Gasteiger partial charge in [-0.3, -0.25) is 0 Å². The number of carbonyl (C=O) groups excluding carboxylic acids is 1. The molecule has 92 valence electrons. The fourth-order valence-corrected chi connectivity index (χ4v) is 2.64. The molecule has 0 fully saturated rings. The predicted octanol–water partition coefficient (Wildman–Crippen LogP) is 3.26. The molecule has 0 amide bonds. The molecule has 0 radical (unpaired) electrons. The standard InChI is InChI=1S/C12H20O3S/c1-5-6-12(8(2)3)7-9(13)10(16-4)11(14)15-12/h8,13H,5-7H2,1-4H3. The van der Waals surface area contributed by atoms with Crippen molar-refractivity contribution in [2.75, 3.05) is 6.26 Å². The summed E-state index contributed by atoms with van der Waals surface area (Å²) in [5.74, 6) is 0.0197. The third-order valence-corrected chi connectivity index (χ3v) is 3.95. The molecule has 1 rings (SSSR count). The van der Waals surface area contributed by atoms with Crippen LogP contribution >= 0.6 is 11.8 Å². The zero-order chi connectivity index (χ0) is 12.3. The highest BCUT2D eigenvalue weighted by Crippen LogP contribution is 2.40. The van der Waals surface area contributed by atoms with Crippen molar-refractivity contribution in [3.05, 3.63) is 10.7 Å². The van der Waals surface area contributed by atoms with Crippen molar-refractivity contribution in [1.82, 2.24) is 0 Å². The first-order valence-corrected chi connectivity index (χ1v) is 6.88. The summed E-state index contributed by atoms with van der Waals surface area (Å²) in [5, 5.41) is 9.91. The molecular weight excluding hydrogens is 224 g/mol. The fraction of sp³-hybridized carbons (Fsp3) is 0.750. The van der Waals surface area contributed by atoms with Crippen LogP contribution in [0.2, 0.25) is 0 Å². The summed E-state index contributed by atoms with van der Waals surface area (Å²) < 4.78 is 5.57. The highest BCUT2D eigenvalue weighted by molar-refractivity contribution is 8.03. The Hall–Kier alpha value is -0.640. The number of ether oxygens (including phenoxy) is 1. The molecule has 3 nitrogen and oxygen atoms in total. The summed E-state index contributed by atoms with van der Waals surface area (Å²) in [4.78, 5) is 12.1. The Bertz CT molecular complexity index is 309. The van der Waals surface area contributed by atoms with Gasteiger partial charge < -0.3 is 9.84 Å². The molecule has 1 unspecified atom stereocenters. The molecule has 1 N–H and O–H groups in total. The van der Waals surface area contributed by atoms with Gasteiger partial charge in [-0.1, -0.05) is 27.2 Å². The van der Waals surface area contributed by atoms with Crippen LogP contribution in [0.3, 0.4) is 0 Å². The van der Waals surface area contributed by atoms with Crippen molar-refractivity contribution in [2.24, 2.45) is 5.92 Å². The summed E-state index contributed by atoms with van der Waals surface area (Å²) in [5.41, 5.74) is -0.519.